The molecule has 0 saturated carbocycles. The van der Waals surface area contributed by atoms with E-state index < -0.39 is 5.91 Å². The second-order valence-corrected chi connectivity index (χ2v) is 7.40. The summed E-state index contributed by atoms with van der Waals surface area (Å²) in [5, 5.41) is 9.41. The van der Waals surface area contributed by atoms with Gasteiger partial charge in [0.15, 0.2) is 5.82 Å². The monoisotopic (exact) mass is 425 g/mol. The van der Waals surface area contributed by atoms with Crippen LogP contribution in [0.2, 0.25) is 0 Å². The van der Waals surface area contributed by atoms with Crippen LogP contribution in [0.25, 0.3) is 0 Å². The molecular weight excluding hydrogens is 402 g/mol. The van der Waals surface area contributed by atoms with Crippen LogP contribution in [0.15, 0.2) is 64.0 Å². The number of carbonyl (C=O) groups excluding carboxylic acids is 2. The summed E-state index contributed by atoms with van der Waals surface area (Å²) in [5.74, 6) is -0.164. The van der Waals surface area contributed by atoms with Gasteiger partial charge in [0.1, 0.15) is 0 Å². The average Bonchev–Trinajstić information content (AvgIpc) is 3.26. The van der Waals surface area contributed by atoms with E-state index in [9.17, 15) is 9.59 Å². The van der Waals surface area contributed by atoms with Crippen LogP contribution in [-0.2, 0) is 13.0 Å². The van der Waals surface area contributed by atoms with Crippen LogP contribution in [0.1, 0.15) is 22.1 Å². The lowest BCUT2D eigenvalue weighted by Gasteiger charge is -2.17. The van der Waals surface area contributed by atoms with E-state index in [1.54, 1.807) is 18.8 Å². The molecule has 0 radical (unpaired) electrons. The molecular formula is C21H23N5O3S. The number of hydrogen-bond donors (Lipinski definition) is 2. The molecule has 30 heavy (non-hydrogen) atoms. The number of urea groups is 1. The van der Waals surface area contributed by atoms with E-state index in [2.05, 4.69) is 20.8 Å². The fraction of sp³-hybridized carbons (Fsp3) is 0.238. The smallest absolute Gasteiger partial charge is 0.321 e. The van der Waals surface area contributed by atoms with Gasteiger partial charge < -0.3 is 20.1 Å². The summed E-state index contributed by atoms with van der Waals surface area (Å²) in [7, 11) is 1.68. The van der Waals surface area contributed by atoms with Gasteiger partial charge in [0.05, 0.1) is 0 Å². The summed E-state index contributed by atoms with van der Waals surface area (Å²) in [6.07, 6.45) is 2.35. The van der Waals surface area contributed by atoms with Gasteiger partial charge in [-0.25, -0.2) is 4.79 Å². The number of benzene rings is 2. The number of anilines is 1. The Kier molecular flexibility index (Phi) is 7.45. The Hall–Kier alpha value is -3.33. The molecule has 3 aromatic rings. The molecule has 3 amide bonds. The molecule has 0 spiro atoms. The highest BCUT2D eigenvalue weighted by Crippen LogP contribution is 2.19. The molecule has 8 nitrogen and oxygen atoms in total. The summed E-state index contributed by atoms with van der Waals surface area (Å²) < 4.78 is 5.03. The number of aromatic nitrogens is 2. The van der Waals surface area contributed by atoms with Gasteiger partial charge in [0.2, 0.25) is 0 Å². The summed E-state index contributed by atoms with van der Waals surface area (Å²) in [6, 6.07) is 16.9. The van der Waals surface area contributed by atoms with Crippen molar-refractivity contribution in [3.05, 3.63) is 71.9 Å². The molecule has 2 N–H and O–H groups in total. The molecule has 0 saturated heterocycles. The largest absolute Gasteiger partial charge is 0.344 e. The van der Waals surface area contributed by atoms with E-state index in [1.165, 1.54) is 4.90 Å². The van der Waals surface area contributed by atoms with Crippen molar-refractivity contribution in [2.45, 2.75) is 17.9 Å². The molecule has 0 bridgehead atoms. The zero-order valence-electron chi connectivity index (χ0n) is 16.8. The zero-order valence-corrected chi connectivity index (χ0v) is 17.6. The van der Waals surface area contributed by atoms with Crippen molar-refractivity contribution in [3.8, 4) is 0 Å². The first-order chi connectivity index (χ1) is 14.5. The number of carbonyl (C=O) groups is 2. The average molecular weight is 426 g/mol. The standard InChI is InChI=1S/C21H23N5O3S/c1-26(21(28)23-16-9-6-10-17(13-16)30-2)12-11-18-24-20(29-25-18)19(27)22-14-15-7-4-3-5-8-15/h3-10,13H,11-12,14H2,1-2H3,(H,22,27)(H,23,28). The van der Waals surface area contributed by atoms with Crippen LogP contribution >= 0.6 is 11.8 Å². The third-order valence-corrected chi connectivity index (χ3v) is 5.02. The molecule has 0 unspecified atom stereocenters. The van der Waals surface area contributed by atoms with Crippen LogP contribution in [0, 0.1) is 0 Å². The molecule has 0 atom stereocenters. The minimum Gasteiger partial charge on any atom is -0.344 e. The predicted molar refractivity (Wildman–Crippen MR) is 115 cm³/mol. The molecule has 3 rings (SSSR count). The lowest BCUT2D eigenvalue weighted by Crippen LogP contribution is -2.33. The Balaban J connectivity index is 1.46. The van der Waals surface area contributed by atoms with Gasteiger partial charge in [-0.2, -0.15) is 4.98 Å². The van der Waals surface area contributed by atoms with E-state index in [0.29, 0.717) is 25.3 Å². The van der Waals surface area contributed by atoms with E-state index in [0.717, 1.165) is 16.1 Å². The lowest BCUT2D eigenvalue weighted by atomic mass is 10.2. The third kappa shape index (κ3) is 6.08. The maximum absolute atomic E-state index is 12.3. The quantitative estimate of drug-likeness (QED) is 0.537. The van der Waals surface area contributed by atoms with Crippen LogP contribution in [0.3, 0.4) is 0 Å². The Morgan fingerprint density at radius 2 is 1.93 bits per heavy atom. The maximum atomic E-state index is 12.3. The Morgan fingerprint density at radius 1 is 1.13 bits per heavy atom. The first kappa shape index (κ1) is 21.4. The van der Waals surface area contributed by atoms with Gasteiger partial charge in [-0.05, 0) is 30.0 Å². The summed E-state index contributed by atoms with van der Waals surface area (Å²) in [5.41, 5.74) is 1.71. The first-order valence-corrected chi connectivity index (χ1v) is 10.6. The van der Waals surface area contributed by atoms with Crippen LogP contribution < -0.4 is 10.6 Å². The van der Waals surface area contributed by atoms with E-state index >= 15 is 0 Å². The van der Waals surface area contributed by atoms with Crippen LogP contribution in [-0.4, -0.2) is 46.8 Å². The minimum absolute atomic E-state index is 0.0954. The zero-order chi connectivity index (χ0) is 21.3. The number of likely N-dealkylation sites (N-methyl/N-ethyl adjacent to an activating group) is 1. The highest BCUT2D eigenvalue weighted by Gasteiger charge is 2.16. The van der Waals surface area contributed by atoms with Crippen molar-refractivity contribution in [2.24, 2.45) is 0 Å². The highest BCUT2D eigenvalue weighted by atomic mass is 32.2. The topological polar surface area (TPSA) is 100 Å². The summed E-state index contributed by atoms with van der Waals surface area (Å²) in [6.45, 7) is 0.747. The molecule has 0 aliphatic carbocycles. The Labute approximate surface area is 179 Å². The third-order valence-electron chi connectivity index (χ3n) is 4.30. The molecule has 0 fully saturated rings. The number of nitrogens with one attached hydrogen (secondary N) is 2. The summed E-state index contributed by atoms with van der Waals surface area (Å²) in [4.78, 5) is 31.2. The van der Waals surface area contributed by atoms with Crippen LogP contribution in [0.5, 0.6) is 0 Å². The second-order valence-electron chi connectivity index (χ2n) is 6.52. The van der Waals surface area contributed by atoms with Crippen molar-refractivity contribution < 1.29 is 14.1 Å². The molecule has 2 aromatic carbocycles. The normalized spacial score (nSPS) is 10.5. The summed E-state index contributed by atoms with van der Waals surface area (Å²) >= 11 is 1.61. The lowest BCUT2D eigenvalue weighted by molar-refractivity contribution is 0.0907. The van der Waals surface area contributed by atoms with Gasteiger partial charge in [0, 0.05) is 37.1 Å². The van der Waals surface area contributed by atoms with Gasteiger partial charge >= 0.3 is 17.8 Å². The van der Waals surface area contributed by atoms with E-state index in [-0.39, 0.29) is 11.9 Å². The first-order valence-electron chi connectivity index (χ1n) is 9.36. The fourth-order valence-electron chi connectivity index (χ4n) is 2.59. The molecule has 0 aliphatic rings. The fourth-order valence-corrected chi connectivity index (χ4v) is 3.05. The molecule has 0 aliphatic heterocycles. The van der Waals surface area contributed by atoms with Gasteiger partial charge in [0.25, 0.3) is 0 Å². The molecule has 1 heterocycles. The van der Waals surface area contributed by atoms with Crippen molar-refractivity contribution in [3.63, 3.8) is 0 Å². The molecule has 1 aromatic heterocycles. The van der Waals surface area contributed by atoms with E-state index in [4.69, 9.17) is 4.52 Å². The molecule has 9 heteroatoms. The van der Waals surface area contributed by atoms with Gasteiger partial charge in [-0.1, -0.05) is 41.6 Å². The van der Waals surface area contributed by atoms with Crippen LogP contribution in [0.4, 0.5) is 10.5 Å². The van der Waals surface area contributed by atoms with Crippen molar-refractivity contribution in [1.29, 1.82) is 0 Å². The number of hydrogen-bond acceptors (Lipinski definition) is 6. The van der Waals surface area contributed by atoms with Gasteiger partial charge in [-0.3, -0.25) is 4.79 Å². The SMILES string of the molecule is CSc1cccc(NC(=O)N(C)CCc2noc(C(=O)NCc3ccccc3)n2)c1. The van der Waals surface area contributed by atoms with Crippen molar-refractivity contribution in [1.82, 2.24) is 20.4 Å². The van der Waals surface area contributed by atoms with Crippen molar-refractivity contribution in [2.75, 3.05) is 25.2 Å². The Morgan fingerprint density at radius 3 is 2.70 bits per heavy atom. The minimum atomic E-state index is -0.433. The van der Waals surface area contributed by atoms with Crippen molar-refractivity contribution >= 4 is 29.4 Å². The predicted octanol–water partition coefficient (Wildman–Crippen LogP) is 3.43. The number of rotatable bonds is 8. The van der Waals surface area contributed by atoms with Gasteiger partial charge in [-0.15, -0.1) is 11.8 Å². The number of nitrogens with zero attached hydrogens (tertiary/aromatic N) is 3. The maximum Gasteiger partial charge on any atom is 0.321 e. The highest BCUT2D eigenvalue weighted by molar-refractivity contribution is 7.98. The number of amides is 3. The number of thioether (sulfide) groups is 1. The van der Waals surface area contributed by atoms with E-state index in [1.807, 2.05) is 60.9 Å². The second kappa shape index (κ2) is 10.4. The Bertz CT molecular complexity index is 993. The molecule has 156 valence electrons.